The number of ketones is 1. The second kappa shape index (κ2) is 5.16. The fraction of sp³-hybridized carbons (Fsp3) is 0.273. The molecule has 6 heteroatoms. The number of rotatable bonds is 4. The molecule has 17 heavy (non-hydrogen) atoms. The number of benzene rings is 1. The molecule has 0 fully saturated rings. The van der Waals surface area contributed by atoms with Crippen molar-refractivity contribution in [2.45, 2.75) is 18.4 Å². The molecule has 0 aliphatic heterocycles. The summed E-state index contributed by atoms with van der Waals surface area (Å²) in [5.74, 6) is -1.69. The number of carbonyl (C=O) groups excluding carboxylic acids is 1. The molecule has 2 unspecified atom stereocenters. The normalized spacial score (nSPS) is 14.1. The van der Waals surface area contributed by atoms with E-state index >= 15 is 0 Å². The molecule has 5 nitrogen and oxygen atoms in total. The van der Waals surface area contributed by atoms with Gasteiger partial charge in [-0.3, -0.25) is 4.79 Å². The highest BCUT2D eigenvalue weighted by atomic mass is 35.5. The first-order valence-electron chi connectivity index (χ1n) is 4.79. The van der Waals surface area contributed by atoms with Crippen LogP contribution in [-0.2, 0) is 9.59 Å². The maximum absolute atomic E-state index is 11.1. The number of aliphatic hydroxyl groups excluding tert-OH is 1. The summed E-state index contributed by atoms with van der Waals surface area (Å²) in [6.45, 7) is 1.32. The Kier molecular flexibility index (Phi) is 4.09. The smallest absolute Gasteiger partial charge is 0.337 e. The number of Topliss-reactive ketones (excluding diaryl/α,β-unsaturated/α-hetero) is 1. The topological polar surface area (TPSA) is 101 Å². The van der Waals surface area contributed by atoms with Crippen LogP contribution in [0, 0.1) is 0 Å². The summed E-state index contributed by atoms with van der Waals surface area (Å²) < 4.78 is 0. The maximum atomic E-state index is 11.1. The molecule has 1 rings (SSSR count). The summed E-state index contributed by atoms with van der Waals surface area (Å²) in [6.07, 6.45) is -1.73. The Hall–Kier alpha value is -1.59. The predicted octanol–water partition coefficient (Wildman–Crippen LogP) is 1.26. The van der Waals surface area contributed by atoms with Crippen LogP contribution in [0.4, 0.5) is 5.69 Å². The van der Waals surface area contributed by atoms with Crippen LogP contribution in [0.5, 0.6) is 0 Å². The van der Waals surface area contributed by atoms with Gasteiger partial charge in [0.1, 0.15) is 5.38 Å². The van der Waals surface area contributed by atoms with E-state index in [1.54, 1.807) is 0 Å². The number of carboxylic acid groups (broad SMARTS) is 1. The Morgan fingerprint density at radius 3 is 2.47 bits per heavy atom. The third-order valence-electron chi connectivity index (χ3n) is 2.29. The van der Waals surface area contributed by atoms with E-state index in [2.05, 4.69) is 0 Å². The number of hydrogen-bond donors (Lipinski definition) is 3. The largest absolute Gasteiger partial charge is 0.479 e. The Morgan fingerprint density at radius 1 is 1.41 bits per heavy atom. The van der Waals surface area contributed by atoms with Crippen LogP contribution in [0.1, 0.15) is 29.5 Å². The molecular formula is C11H12ClNO4. The third-order valence-corrected chi connectivity index (χ3v) is 2.85. The Labute approximate surface area is 103 Å². The van der Waals surface area contributed by atoms with Crippen LogP contribution < -0.4 is 5.73 Å². The van der Waals surface area contributed by atoms with Crippen LogP contribution in [-0.4, -0.2) is 22.0 Å². The maximum Gasteiger partial charge on any atom is 0.337 e. The quantitative estimate of drug-likeness (QED) is 0.557. The number of nitrogen functional groups attached to an aromatic ring is 1. The Bertz CT molecular complexity index is 461. The van der Waals surface area contributed by atoms with Crippen molar-refractivity contribution in [1.82, 2.24) is 0 Å². The van der Waals surface area contributed by atoms with Crippen molar-refractivity contribution >= 4 is 29.0 Å². The Balaban J connectivity index is 3.19. The number of nitrogens with two attached hydrogens (primary N) is 1. The fourth-order valence-corrected chi connectivity index (χ4v) is 1.49. The summed E-state index contributed by atoms with van der Waals surface area (Å²) >= 11 is 5.83. The monoisotopic (exact) mass is 257 g/mol. The van der Waals surface area contributed by atoms with Crippen LogP contribution in [0.15, 0.2) is 18.2 Å². The molecule has 4 N–H and O–H groups in total. The molecule has 92 valence electrons. The predicted molar refractivity (Wildman–Crippen MR) is 62.7 cm³/mol. The molecule has 1 aromatic carbocycles. The van der Waals surface area contributed by atoms with Crippen molar-refractivity contribution in [3.63, 3.8) is 0 Å². The lowest BCUT2D eigenvalue weighted by Crippen LogP contribution is -2.13. The minimum absolute atomic E-state index is 0.0295. The zero-order valence-electron chi connectivity index (χ0n) is 9.05. The number of aliphatic hydroxyl groups is 1. The van der Waals surface area contributed by atoms with E-state index in [-0.39, 0.29) is 17.0 Å². The first-order chi connectivity index (χ1) is 7.84. The summed E-state index contributed by atoms with van der Waals surface area (Å²) in [5.41, 5.74) is 6.12. The first-order valence-corrected chi connectivity index (χ1v) is 5.23. The van der Waals surface area contributed by atoms with Gasteiger partial charge >= 0.3 is 5.97 Å². The number of hydrogen-bond acceptors (Lipinski definition) is 4. The van der Waals surface area contributed by atoms with Gasteiger partial charge in [-0.25, -0.2) is 4.79 Å². The molecule has 0 spiro atoms. The van der Waals surface area contributed by atoms with Gasteiger partial charge in [0.05, 0.1) is 0 Å². The van der Waals surface area contributed by atoms with E-state index in [1.165, 1.54) is 25.1 Å². The van der Waals surface area contributed by atoms with Crippen LogP contribution in [0.2, 0.25) is 0 Å². The van der Waals surface area contributed by atoms with E-state index in [0.717, 1.165) is 0 Å². The summed E-state index contributed by atoms with van der Waals surface area (Å²) in [7, 11) is 0. The van der Waals surface area contributed by atoms with Crippen molar-refractivity contribution in [3.05, 3.63) is 29.3 Å². The van der Waals surface area contributed by atoms with Gasteiger partial charge in [-0.05, 0) is 24.6 Å². The molecule has 0 aromatic heterocycles. The van der Waals surface area contributed by atoms with Gasteiger partial charge in [0.15, 0.2) is 11.9 Å². The average molecular weight is 258 g/mol. The Morgan fingerprint density at radius 2 is 2.00 bits per heavy atom. The minimum atomic E-state index is -1.73. The SMILES string of the molecule is CC(=O)C(Cl)c1ccc(N)c(C(O)C(=O)O)c1. The molecule has 0 aliphatic rings. The minimum Gasteiger partial charge on any atom is -0.479 e. The highest BCUT2D eigenvalue weighted by Crippen LogP contribution is 2.28. The third kappa shape index (κ3) is 2.95. The average Bonchev–Trinajstić information content (AvgIpc) is 2.27. The fourth-order valence-electron chi connectivity index (χ4n) is 1.36. The number of carbonyl (C=O) groups is 2. The van der Waals surface area contributed by atoms with Gasteiger partial charge in [0.25, 0.3) is 0 Å². The van der Waals surface area contributed by atoms with Crippen molar-refractivity contribution in [1.29, 1.82) is 0 Å². The van der Waals surface area contributed by atoms with Crippen molar-refractivity contribution in [2.24, 2.45) is 0 Å². The molecule has 0 radical (unpaired) electrons. The van der Waals surface area contributed by atoms with Gasteiger partial charge in [-0.15, -0.1) is 11.6 Å². The molecular weight excluding hydrogens is 246 g/mol. The van der Waals surface area contributed by atoms with E-state index < -0.39 is 17.5 Å². The van der Waals surface area contributed by atoms with E-state index in [9.17, 15) is 14.7 Å². The molecule has 0 bridgehead atoms. The van der Waals surface area contributed by atoms with E-state index in [1.807, 2.05) is 0 Å². The van der Waals surface area contributed by atoms with Crippen molar-refractivity contribution in [3.8, 4) is 0 Å². The molecule has 0 heterocycles. The molecule has 0 saturated carbocycles. The van der Waals surface area contributed by atoms with E-state index in [4.69, 9.17) is 22.4 Å². The van der Waals surface area contributed by atoms with Gasteiger partial charge in [0, 0.05) is 11.3 Å². The van der Waals surface area contributed by atoms with Crippen LogP contribution in [0.25, 0.3) is 0 Å². The second-order valence-electron chi connectivity index (χ2n) is 3.60. The lowest BCUT2D eigenvalue weighted by atomic mass is 10.0. The zero-order chi connectivity index (χ0) is 13.2. The lowest BCUT2D eigenvalue weighted by Gasteiger charge is -2.13. The van der Waals surface area contributed by atoms with Crippen molar-refractivity contribution < 1.29 is 19.8 Å². The van der Waals surface area contributed by atoms with Gasteiger partial charge in [-0.1, -0.05) is 6.07 Å². The number of alkyl halides is 1. The highest BCUT2D eigenvalue weighted by molar-refractivity contribution is 6.30. The molecule has 0 aliphatic carbocycles. The number of aliphatic carboxylic acids is 1. The first kappa shape index (κ1) is 13.5. The number of carboxylic acids is 1. The summed E-state index contributed by atoms with van der Waals surface area (Å²) in [4.78, 5) is 21.8. The molecule has 0 saturated heterocycles. The standard InChI is InChI=1S/C11H12ClNO4/c1-5(14)9(12)6-2-3-8(13)7(4-6)10(15)11(16)17/h2-4,9-10,15H,13H2,1H3,(H,16,17). The highest BCUT2D eigenvalue weighted by Gasteiger charge is 2.21. The molecule has 0 amide bonds. The molecule has 1 aromatic rings. The number of halogens is 1. The van der Waals surface area contributed by atoms with Gasteiger partial charge in [-0.2, -0.15) is 0 Å². The van der Waals surface area contributed by atoms with Crippen LogP contribution in [0.3, 0.4) is 0 Å². The second-order valence-corrected chi connectivity index (χ2v) is 4.04. The van der Waals surface area contributed by atoms with E-state index in [0.29, 0.717) is 5.56 Å². The molecule has 2 atom stereocenters. The zero-order valence-corrected chi connectivity index (χ0v) is 9.81. The lowest BCUT2D eigenvalue weighted by molar-refractivity contribution is -0.146. The number of anilines is 1. The van der Waals surface area contributed by atoms with Crippen molar-refractivity contribution in [2.75, 3.05) is 5.73 Å². The summed E-state index contributed by atoms with van der Waals surface area (Å²) in [5, 5.41) is 17.2. The van der Waals surface area contributed by atoms with Crippen LogP contribution >= 0.6 is 11.6 Å². The van der Waals surface area contributed by atoms with Gasteiger partial charge < -0.3 is 15.9 Å². The summed E-state index contributed by atoms with van der Waals surface area (Å²) in [6, 6.07) is 4.26. The van der Waals surface area contributed by atoms with Gasteiger partial charge in [0.2, 0.25) is 0 Å².